The van der Waals surface area contributed by atoms with Crippen LogP contribution in [0.25, 0.3) is 0 Å². The molecule has 4 amide bonds. The van der Waals surface area contributed by atoms with E-state index in [0.717, 1.165) is 11.1 Å². The molecule has 0 bridgehead atoms. The summed E-state index contributed by atoms with van der Waals surface area (Å²) in [6.07, 6.45) is 0.749. The second-order valence-electron chi connectivity index (χ2n) is 11.3. The highest BCUT2D eigenvalue weighted by atomic mass is 16.7. The van der Waals surface area contributed by atoms with Gasteiger partial charge in [0, 0.05) is 27.2 Å². The van der Waals surface area contributed by atoms with Crippen molar-refractivity contribution in [2.45, 2.75) is 25.9 Å². The van der Waals surface area contributed by atoms with Crippen molar-refractivity contribution >= 4 is 24.0 Å². The average Bonchev–Trinajstić information content (AvgIpc) is 3.08. The lowest BCUT2D eigenvalue weighted by atomic mass is 9.74. The highest BCUT2D eigenvalue weighted by molar-refractivity contribution is 5.85. The number of urea groups is 2. The number of ether oxygens (including phenoxy) is 2. The number of hydrogen-bond donors (Lipinski definition) is 2. The molecule has 12 heteroatoms. The van der Waals surface area contributed by atoms with Crippen LogP contribution in [-0.2, 0) is 32.4 Å². The predicted octanol–water partition coefficient (Wildman–Crippen LogP) is 6.20. The third-order valence-electron chi connectivity index (χ3n) is 7.70. The van der Waals surface area contributed by atoms with Crippen LogP contribution in [0.15, 0.2) is 109 Å². The van der Waals surface area contributed by atoms with Gasteiger partial charge in [-0.3, -0.25) is 0 Å². The number of amides is 4. The molecule has 1 fully saturated rings. The molecule has 1 saturated carbocycles. The van der Waals surface area contributed by atoms with Gasteiger partial charge in [-0.25, -0.2) is 19.2 Å². The van der Waals surface area contributed by atoms with E-state index in [1.165, 1.54) is 9.80 Å². The fourth-order valence-electron chi connectivity index (χ4n) is 4.83. The number of hydroxylamine groups is 2. The molecule has 4 aromatic rings. The quantitative estimate of drug-likeness (QED) is 0.194. The van der Waals surface area contributed by atoms with Crippen molar-refractivity contribution in [3.63, 3.8) is 0 Å². The van der Waals surface area contributed by atoms with E-state index in [2.05, 4.69) is 11.0 Å². The number of para-hydroxylation sites is 2. The summed E-state index contributed by atoms with van der Waals surface area (Å²) >= 11 is 0. The van der Waals surface area contributed by atoms with Gasteiger partial charge in [0.25, 0.3) is 0 Å². The average molecular weight is 653 g/mol. The lowest BCUT2D eigenvalue weighted by molar-refractivity contribution is -0.173. The van der Waals surface area contributed by atoms with Gasteiger partial charge in [-0.15, -0.1) is 0 Å². The van der Waals surface area contributed by atoms with Gasteiger partial charge in [0.1, 0.15) is 23.0 Å². The van der Waals surface area contributed by atoms with Crippen molar-refractivity contribution in [3.8, 4) is 23.0 Å². The summed E-state index contributed by atoms with van der Waals surface area (Å²) in [6.45, 7) is 0.491. The number of benzene rings is 4. The van der Waals surface area contributed by atoms with Gasteiger partial charge in [0.15, 0.2) is 0 Å². The molecule has 0 aliphatic heterocycles. The number of hydrogen-bond acceptors (Lipinski definition) is 8. The summed E-state index contributed by atoms with van der Waals surface area (Å²) < 4.78 is 11.6. The first-order valence-electron chi connectivity index (χ1n) is 15.3. The first-order valence-corrected chi connectivity index (χ1v) is 15.3. The zero-order valence-electron chi connectivity index (χ0n) is 26.5. The third-order valence-corrected chi connectivity index (χ3v) is 7.70. The largest absolute Gasteiger partial charge is 0.457 e. The Hall–Kier alpha value is -6.04. The van der Waals surface area contributed by atoms with E-state index in [9.17, 15) is 19.2 Å². The van der Waals surface area contributed by atoms with Crippen LogP contribution < -0.4 is 20.4 Å². The fraction of sp³-hybridized carbons (Fsp3) is 0.222. The molecule has 2 atom stereocenters. The molecule has 5 rings (SSSR count). The zero-order valence-corrected chi connectivity index (χ0v) is 26.5. The van der Waals surface area contributed by atoms with Gasteiger partial charge in [0.05, 0.1) is 11.8 Å². The van der Waals surface area contributed by atoms with Crippen LogP contribution in [-0.4, -0.2) is 47.9 Å². The SMILES string of the molecule is CN(Cc1ccc(Oc2ccccc2)cc1)C(=O)NOC(=O)C1CCC1C(=O)ONC(=O)N(C)Cc1ccc(Oc2ccccc2)cc1. The Kier molecular flexibility index (Phi) is 11.1. The van der Waals surface area contributed by atoms with E-state index >= 15 is 0 Å². The van der Waals surface area contributed by atoms with Crippen LogP contribution >= 0.6 is 0 Å². The van der Waals surface area contributed by atoms with Gasteiger partial charge < -0.3 is 28.9 Å². The summed E-state index contributed by atoms with van der Waals surface area (Å²) in [4.78, 5) is 62.9. The molecule has 2 unspecified atom stereocenters. The van der Waals surface area contributed by atoms with Gasteiger partial charge in [-0.05, 0) is 72.5 Å². The molecule has 248 valence electrons. The van der Waals surface area contributed by atoms with E-state index in [1.54, 1.807) is 38.4 Å². The van der Waals surface area contributed by atoms with Gasteiger partial charge in [-0.2, -0.15) is 11.0 Å². The molecule has 0 saturated heterocycles. The maximum atomic E-state index is 12.6. The minimum Gasteiger partial charge on any atom is -0.457 e. The van der Waals surface area contributed by atoms with Crippen molar-refractivity contribution in [1.29, 1.82) is 0 Å². The molecule has 0 spiro atoms. The van der Waals surface area contributed by atoms with Crippen LogP contribution in [0, 0.1) is 11.8 Å². The van der Waals surface area contributed by atoms with Crippen molar-refractivity contribution in [2.75, 3.05) is 14.1 Å². The van der Waals surface area contributed by atoms with Crippen molar-refractivity contribution < 1.29 is 38.3 Å². The van der Waals surface area contributed by atoms with E-state index in [-0.39, 0.29) is 13.1 Å². The second-order valence-corrected chi connectivity index (χ2v) is 11.3. The molecular weight excluding hydrogens is 616 g/mol. The maximum Gasteiger partial charge on any atom is 0.350 e. The van der Waals surface area contributed by atoms with Crippen LogP contribution in [0.2, 0.25) is 0 Å². The summed E-state index contributed by atoms with van der Waals surface area (Å²) in [6, 6.07) is 32.0. The first kappa shape index (κ1) is 33.3. The minimum atomic E-state index is -0.813. The highest BCUT2D eigenvalue weighted by Gasteiger charge is 2.44. The molecular formula is C36H36N4O8. The Bertz CT molecular complexity index is 1560. The fourth-order valence-corrected chi connectivity index (χ4v) is 4.83. The van der Waals surface area contributed by atoms with E-state index in [1.807, 2.05) is 84.9 Å². The van der Waals surface area contributed by atoms with Crippen LogP contribution in [0.5, 0.6) is 23.0 Å². The van der Waals surface area contributed by atoms with Gasteiger partial charge >= 0.3 is 24.0 Å². The molecule has 1 aliphatic carbocycles. The molecule has 0 heterocycles. The second kappa shape index (κ2) is 16.0. The van der Waals surface area contributed by atoms with Crippen LogP contribution in [0.4, 0.5) is 9.59 Å². The molecule has 48 heavy (non-hydrogen) atoms. The Morgan fingerprint density at radius 2 is 0.875 bits per heavy atom. The summed E-state index contributed by atoms with van der Waals surface area (Å²) in [5.74, 6) is -0.423. The molecule has 0 aromatic heterocycles. The van der Waals surface area contributed by atoms with Gasteiger partial charge in [0.2, 0.25) is 0 Å². The Labute approximate surface area is 278 Å². The van der Waals surface area contributed by atoms with Gasteiger partial charge in [-0.1, -0.05) is 60.7 Å². The number of rotatable bonds is 10. The lowest BCUT2D eigenvalue weighted by Crippen LogP contribution is -2.46. The predicted molar refractivity (Wildman–Crippen MR) is 174 cm³/mol. The monoisotopic (exact) mass is 652 g/mol. The molecule has 4 aromatic carbocycles. The summed E-state index contributed by atoms with van der Waals surface area (Å²) in [7, 11) is 3.10. The molecule has 1 aliphatic rings. The third kappa shape index (κ3) is 9.25. The lowest BCUT2D eigenvalue weighted by Gasteiger charge is -2.32. The van der Waals surface area contributed by atoms with E-state index in [0.29, 0.717) is 35.8 Å². The minimum absolute atomic E-state index is 0.246. The van der Waals surface area contributed by atoms with E-state index < -0.39 is 35.8 Å². The normalized spacial score (nSPS) is 14.8. The highest BCUT2D eigenvalue weighted by Crippen LogP contribution is 2.36. The molecule has 12 nitrogen and oxygen atoms in total. The van der Waals surface area contributed by atoms with E-state index in [4.69, 9.17) is 19.1 Å². The smallest absolute Gasteiger partial charge is 0.350 e. The topological polar surface area (TPSA) is 136 Å². The Balaban J connectivity index is 0.996. The Morgan fingerprint density at radius 3 is 1.21 bits per heavy atom. The van der Waals surface area contributed by atoms with Crippen molar-refractivity contribution in [1.82, 2.24) is 20.8 Å². The first-order chi connectivity index (χ1) is 23.2. The van der Waals surface area contributed by atoms with Crippen molar-refractivity contribution in [3.05, 3.63) is 120 Å². The summed E-state index contributed by atoms with van der Waals surface area (Å²) in [5.41, 5.74) is 5.94. The Morgan fingerprint density at radius 1 is 0.542 bits per heavy atom. The standard InChI is InChI=1S/C36H36N4O8/c1-39(23-25-13-17-29(18-14-25)45-27-9-5-3-6-10-27)35(43)37-47-33(41)31-21-22-32(31)34(42)48-38-36(44)40(2)24-26-15-19-30(20-16-26)46-28-11-7-4-8-12-28/h3-20,31-32H,21-24H2,1-2H3,(H,37,43)(H,38,44). The summed E-state index contributed by atoms with van der Waals surface area (Å²) in [5, 5.41) is 0. The number of carbonyl (C=O) groups excluding carboxylic acids is 4. The van der Waals surface area contributed by atoms with Crippen LogP contribution in [0.1, 0.15) is 24.0 Å². The number of carbonyl (C=O) groups is 4. The number of nitrogens with zero attached hydrogens (tertiary/aromatic N) is 2. The maximum absolute atomic E-state index is 12.6. The van der Waals surface area contributed by atoms with Crippen molar-refractivity contribution in [2.24, 2.45) is 11.8 Å². The molecule has 2 N–H and O–H groups in total. The number of nitrogens with one attached hydrogen (secondary N) is 2. The van der Waals surface area contributed by atoms with Crippen LogP contribution in [0.3, 0.4) is 0 Å². The molecule has 0 radical (unpaired) electrons. The zero-order chi connectivity index (χ0) is 33.9.